The SMILES string of the molecule is COc1cc(OC)c(C(C)CS(=O)(=O)Cc2cnc(OC)c(N/C=C/C(=O)c3cc(OC)c(OC)c(OC)c3)c2)c(OC)c1. The number of nitrogens with one attached hydrogen (secondary N) is 1. The van der Waals surface area contributed by atoms with Gasteiger partial charge in [0.25, 0.3) is 0 Å². The molecule has 238 valence electrons. The molecule has 44 heavy (non-hydrogen) atoms. The standard InChI is InChI=1S/C31H38N2O10S/c1-19(29-25(38-3)14-22(37-2)15-26(29)39-4)17-44(35,36)18-20-11-23(31(43-8)33-16-20)32-10-9-24(34)21-12-27(40-5)30(42-7)28(13-21)41-6/h9-16,19,32H,17-18H2,1-8H3/b10-9+. The van der Waals surface area contributed by atoms with Crippen LogP contribution < -0.4 is 38.5 Å². The first-order valence-corrected chi connectivity index (χ1v) is 15.2. The first-order valence-electron chi connectivity index (χ1n) is 13.3. The number of ether oxygens (including phenoxy) is 7. The lowest BCUT2D eigenvalue weighted by atomic mass is 10.0. The molecule has 0 amide bonds. The lowest BCUT2D eigenvalue weighted by Crippen LogP contribution is -2.16. The van der Waals surface area contributed by atoms with Gasteiger partial charge in [-0.1, -0.05) is 6.92 Å². The number of carbonyl (C=O) groups excluding carboxylic acids is 1. The molecule has 0 saturated carbocycles. The van der Waals surface area contributed by atoms with E-state index in [9.17, 15) is 13.2 Å². The Morgan fingerprint density at radius 3 is 1.91 bits per heavy atom. The molecule has 0 aliphatic carbocycles. The summed E-state index contributed by atoms with van der Waals surface area (Å²) in [6.45, 7) is 1.79. The van der Waals surface area contributed by atoms with Crippen molar-refractivity contribution in [2.24, 2.45) is 0 Å². The molecule has 13 heteroatoms. The fraction of sp³-hybridized carbons (Fsp3) is 0.355. The van der Waals surface area contributed by atoms with Crippen LogP contribution in [-0.2, 0) is 15.6 Å². The molecule has 0 aliphatic heterocycles. The Morgan fingerprint density at radius 1 is 0.818 bits per heavy atom. The van der Waals surface area contributed by atoms with E-state index in [1.165, 1.54) is 68.2 Å². The second kappa shape index (κ2) is 15.2. The van der Waals surface area contributed by atoms with Gasteiger partial charge in [-0.3, -0.25) is 4.79 Å². The van der Waals surface area contributed by atoms with Gasteiger partial charge in [-0.25, -0.2) is 13.4 Å². The van der Waals surface area contributed by atoms with E-state index in [0.29, 0.717) is 56.9 Å². The minimum absolute atomic E-state index is 0.177. The van der Waals surface area contributed by atoms with Crippen LogP contribution >= 0.6 is 0 Å². The number of aromatic nitrogens is 1. The van der Waals surface area contributed by atoms with Gasteiger partial charge >= 0.3 is 0 Å². The van der Waals surface area contributed by atoms with E-state index in [1.807, 2.05) is 0 Å². The average molecular weight is 631 g/mol. The number of rotatable bonds is 16. The number of pyridine rings is 1. The second-order valence-corrected chi connectivity index (χ2v) is 11.7. The molecule has 0 radical (unpaired) electrons. The number of methoxy groups -OCH3 is 7. The van der Waals surface area contributed by atoms with Crippen molar-refractivity contribution in [3.8, 4) is 40.4 Å². The Labute approximate surface area is 257 Å². The number of ketones is 1. The molecule has 12 nitrogen and oxygen atoms in total. The summed E-state index contributed by atoms with van der Waals surface area (Å²) in [4.78, 5) is 17.1. The lowest BCUT2D eigenvalue weighted by Gasteiger charge is -2.20. The van der Waals surface area contributed by atoms with Crippen LogP contribution in [0.15, 0.2) is 48.8 Å². The van der Waals surface area contributed by atoms with Crippen molar-refractivity contribution in [1.29, 1.82) is 0 Å². The molecule has 3 rings (SSSR count). The normalized spacial score (nSPS) is 11.9. The molecule has 0 spiro atoms. The van der Waals surface area contributed by atoms with E-state index in [-0.39, 0.29) is 23.2 Å². The largest absolute Gasteiger partial charge is 0.496 e. The number of sulfone groups is 1. The Morgan fingerprint density at radius 2 is 1.41 bits per heavy atom. The maximum atomic E-state index is 13.3. The maximum absolute atomic E-state index is 13.3. The Hall–Kier alpha value is -4.65. The molecule has 0 bridgehead atoms. The molecule has 1 heterocycles. The zero-order chi connectivity index (χ0) is 32.4. The van der Waals surface area contributed by atoms with Crippen molar-refractivity contribution in [3.05, 3.63) is 65.5 Å². The van der Waals surface area contributed by atoms with Gasteiger partial charge in [0.2, 0.25) is 11.6 Å². The Balaban J connectivity index is 1.79. The molecule has 1 N–H and O–H groups in total. The van der Waals surface area contributed by atoms with Crippen molar-refractivity contribution in [2.45, 2.75) is 18.6 Å². The van der Waals surface area contributed by atoms with Crippen LogP contribution in [0.25, 0.3) is 0 Å². The highest BCUT2D eigenvalue weighted by Crippen LogP contribution is 2.40. The zero-order valence-corrected chi connectivity index (χ0v) is 26.9. The van der Waals surface area contributed by atoms with Crippen LogP contribution in [-0.4, -0.2) is 74.7 Å². The van der Waals surface area contributed by atoms with Gasteiger partial charge in [0.1, 0.15) is 22.9 Å². The highest BCUT2D eigenvalue weighted by atomic mass is 32.2. The third-order valence-electron chi connectivity index (χ3n) is 6.66. The number of hydrogen-bond acceptors (Lipinski definition) is 12. The number of benzene rings is 2. The third kappa shape index (κ3) is 8.04. The van der Waals surface area contributed by atoms with Crippen LogP contribution in [0.4, 0.5) is 5.69 Å². The van der Waals surface area contributed by atoms with E-state index in [4.69, 9.17) is 33.2 Å². The molecule has 0 fully saturated rings. The summed E-state index contributed by atoms with van der Waals surface area (Å²) >= 11 is 0. The summed E-state index contributed by atoms with van der Waals surface area (Å²) in [6.07, 6.45) is 4.15. The molecule has 1 unspecified atom stereocenters. The van der Waals surface area contributed by atoms with Crippen LogP contribution in [0.2, 0.25) is 0 Å². The molecule has 2 aromatic carbocycles. The first kappa shape index (κ1) is 33.8. The third-order valence-corrected chi connectivity index (χ3v) is 8.44. The summed E-state index contributed by atoms with van der Waals surface area (Å²) in [5, 5.41) is 2.96. The lowest BCUT2D eigenvalue weighted by molar-refractivity contribution is 0.104. The van der Waals surface area contributed by atoms with Gasteiger partial charge in [0.15, 0.2) is 27.1 Å². The minimum atomic E-state index is -3.63. The highest BCUT2D eigenvalue weighted by Gasteiger charge is 2.25. The van der Waals surface area contributed by atoms with Gasteiger partial charge in [0, 0.05) is 47.7 Å². The van der Waals surface area contributed by atoms with Crippen molar-refractivity contribution >= 4 is 21.3 Å². The molecular formula is C31H38N2O10S. The topological polar surface area (TPSA) is 141 Å². The smallest absolute Gasteiger partial charge is 0.237 e. The van der Waals surface area contributed by atoms with Gasteiger partial charge in [-0.05, 0) is 23.8 Å². The van der Waals surface area contributed by atoms with E-state index >= 15 is 0 Å². The van der Waals surface area contributed by atoms with Crippen LogP contribution in [0.1, 0.15) is 34.3 Å². The van der Waals surface area contributed by atoms with Crippen molar-refractivity contribution in [2.75, 3.05) is 60.8 Å². The van der Waals surface area contributed by atoms with Crippen LogP contribution in [0.5, 0.6) is 40.4 Å². The first-order chi connectivity index (χ1) is 21.0. The maximum Gasteiger partial charge on any atom is 0.237 e. The second-order valence-electron chi connectivity index (χ2n) is 9.56. The fourth-order valence-corrected chi connectivity index (χ4v) is 6.37. The quantitative estimate of drug-likeness (QED) is 0.174. The minimum Gasteiger partial charge on any atom is -0.496 e. The molecule has 0 aliphatic rings. The molecule has 0 saturated heterocycles. The van der Waals surface area contributed by atoms with Crippen molar-refractivity contribution in [1.82, 2.24) is 4.98 Å². The predicted octanol–water partition coefficient (Wildman–Crippen LogP) is 4.67. The number of allylic oxidation sites excluding steroid dienone is 1. The van der Waals surface area contributed by atoms with Crippen LogP contribution in [0, 0.1) is 0 Å². The van der Waals surface area contributed by atoms with E-state index in [0.717, 1.165) is 0 Å². The molecule has 3 aromatic rings. The van der Waals surface area contributed by atoms with Crippen molar-refractivity contribution < 1.29 is 46.4 Å². The van der Waals surface area contributed by atoms with Gasteiger partial charge in [-0.2, -0.15) is 0 Å². The summed E-state index contributed by atoms with van der Waals surface area (Å²) in [5.74, 6) is 1.48. The number of nitrogens with zero attached hydrogens (tertiary/aromatic N) is 1. The number of anilines is 1. The molecular weight excluding hydrogens is 592 g/mol. The molecule has 1 atom stereocenters. The fourth-order valence-electron chi connectivity index (χ4n) is 4.66. The summed E-state index contributed by atoms with van der Waals surface area (Å²) in [7, 11) is 6.73. The predicted molar refractivity (Wildman–Crippen MR) is 166 cm³/mol. The molecule has 1 aromatic heterocycles. The number of hydrogen-bond donors (Lipinski definition) is 1. The van der Waals surface area contributed by atoms with E-state index < -0.39 is 15.8 Å². The number of carbonyl (C=O) groups is 1. The Bertz CT molecular complexity index is 1550. The van der Waals surface area contributed by atoms with Gasteiger partial charge < -0.3 is 38.5 Å². The van der Waals surface area contributed by atoms with Crippen molar-refractivity contribution in [3.63, 3.8) is 0 Å². The zero-order valence-electron chi connectivity index (χ0n) is 26.0. The van der Waals surface area contributed by atoms with Gasteiger partial charge in [0.05, 0.1) is 61.3 Å². The summed E-state index contributed by atoms with van der Waals surface area (Å²) in [5.41, 5.74) is 1.73. The van der Waals surface area contributed by atoms with Crippen LogP contribution in [0.3, 0.4) is 0 Å². The summed E-state index contributed by atoms with van der Waals surface area (Å²) in [6, 6.07) is 8.06. The van der Waals surface area contributed by atoms with E-state index in [1.54, 1.807) is 37.3 Å². The van der Waals surface area contributed by atoms with Gasteiger partial charge in [-0.15, -0.1) is 0 Å². The monoisotopic (exact) mass is 630 g/mol. The average Bonchev–Trinajstić information content (AvgIpc) is 3.02. The Kier molecular flexibility index (Phi) is 11.7. The highest BCUT2D eigenvalue weighted by molar-refractivity contribution is 7.90. The summed E-state index contributed by atoms with van der Waals surface area (Å²) < 4.78 is 64.2. The van der Waals surface area contributed by atoms with E-state index in [2.05, 4.69) is 10.3 Å².